The zero-order valence-electron chi connectivity index (χ0n) is 9.69. The Hall–Kier alpha value is -1.46. The second-order valence-electron chi connectivity index (χ2n) is 4.00. The van der Waals surface area contributed by atoms with Crippen LogP contribution in [0.2, 0.25) is 0 Å². The van der Waals surface area contributed by atoms with Gasteiger partial charge in [-0.25, -0.2) is 0 Å². The number of pyridine rings is 1. The van der Waals surface area contributed by atoms with Crippen molar-refractivity contribution in [1.29, 1.82) is 0 Å². The summed E-state index contributed by atoms with van der Waals surface area (Å²) in [5, 5.41) is 6.08. The van der Waals surface area contributed by atoms with Gasteiger partial charge in [0, 0.05) is 31.5 Å². The van der Waals surface area contributed by atoms with Crippen LogP contribution in [0.3, 0.4) is 0 Å². The average molecular weight is 235 g/mol. The summed E-state index contributed by atoms with van der Waals surface area (Å²) in [4.78, 5) is 15.7. The quantitative estimate of drug-likeness (QED) is 0.754. The van der Waals surface area contributed by atoms with Gasteiger partial charge in [0.05, 0.1) is 19.1 Å². The maximum absolute atomic E-state index is 11.6. The molecule has 0 bridgehead atoms. The van der Waals surface area contributed by atoms with Crippen LogP contribution in [0.4, 0.5) is 0 Å². The van der Waals surface area contributed by atoms with E-state index >= 15 is 0 Å². The summed E-state index contributed by atoms with van der Waals surface area (Å²) in [5.74, 6) is -0.0159. The van der Waals surface area contributed by atoms with Crippen molar-refractivity contribution in [3.05, 3.63) is 30.1 Å². The smallest absolute Gasteiger partial charge is 0.226 e. The molecule has 0 spiro atoms. The van der Waals surface area contributed by atoms with Crippen LogP contribution in [0.5, 0.6) is 0 Å². The molecule has 5 nitrogen and oxygen atoms in total. The Morgan fingerprint density at radius 2 is 2.53 bits per heavy atom. The maximum atomic E-state index is 11.6. The Kier molecular flexibility index (Phi) is 4.46. The molecule has 2 N–H and O–H groups in total. The Labute approximate surface area is 101 Å². The molecule has 0 aliphatic carbocycles. The standard InChI is InChI=1S/C12H17N3O2/c16-12(7-10-3-1-2-4-14-10)15-9-11-8-13-5-6-17-11/h1-4,11,13H,5-9H2,(H,15,16). The van der Waals surface area contributed by atoms with Crippen LogP contribution < -0.4 is 10.6 Å². The summed E-state index contributed by atoms with van der Waals surface area (Å²) < 4.78 is 5.49. The monoisotopic (exact) mass is 235 g/mol. The largest absolute Gasteiger partial charge is 0.374 e. The molecule has 2 heterocycles. The van der Waals surface area contributed by atoms with E-state index in [0.717, 1.165) is 18.8 Å². The second-order valence-corrected chi connectivity index (χ2v) is 4.00. The highest BCUT2D eigenvalue weighted by atomic mass is 16.5. The van der Waals surface area contributed by atoms with Crippen molar-refractivity contribution >= 4 is 5.91 Å². The summed E-state index contributed by atoms with van der Waals surface area (Å²) >= 11 is 0. The summed E-state index contributed by atoms with van der Waals surface area (Å²) in [7, 11) is 0. The highest BCUT2D eigenvalue weighted by Gasteiger charge is 2.14. The number of nitrogens with one attached hydrogen (secondary N) is 2. The van der Waals surface area contributed by atoms with Crippen molar-refractivity contribution in [2.75, 3.05) is 26.2 Å². The van der Waals surface area contributed by atoms with Gasteiger partial charge < -0.3 is 15.4 Å². The molecule has 17 heavy (non-hydrogen) atoms. The third-order valence-corrected chi connectivity index (χ3v) is 2.60. The van der Waals surface area contributed by atoms with E-state index in [1.165, 1.54) is 0 Å². The highest BCUT2D eigenvalue weighted by molar-refractivity contribution is 5.78. The van der Waals surface area contributed by atoms with E-state index in [4.69, 9.17) is 4.74 Å². The molecule has 1 aliphatic heterocycles. The molecule has 0 saturated carbocycles. The van der Waals surface area contributed by atoms with Crippen LogP contribution in [0.25, 0.3) is 0 Å². The molecule has 1 atom stereocenters. The minimum atomic E-state index is -0.0159. The van der Waals surface area contributed by atoms with E-state index in [2.05, 4.69) is 15.6 Å². The van der Waals surface area contributed by atoms with Crippen molar-refractivity contribution in [1.82, 2.24) is 15.6 Å². The number of carbonyl (C=O) groups is 1. The third kappa shape index (κ3) is 4.13. The Morgan fingerprint density at radius 3 is 3.24 bits per heavy atom. The molecule has 92 valence electrons. The molecule has 1 fully saturated rings. The van der Waals surface area contributed by atoms with Gasteiger partial charge in [0.15, 0.2) is 0 Å². The number of amides is 1. The lowest BCUT2D eigenvalue weighted by Gasteiger charge is -2.23. The molecule has 0 aromatic carbocycles. The summed E-state index contributed by atoms with van der Waals surface area (Å²) in [6, 6.07) is 5.56. The van der Waals surface area contributed by atoms with E-state index in [1.807, 2.05) is 18.2 Å². The fourth-order valence-corrected chi connectivity index (χ4v) is 1.71. The number of aromatic nitrogens is 1. The molecule has 2 rings (SSSR count). The summed E-state index contributed by atoms with van der Waals surface area (Å²) in [5.41, 5.74) is 0.785. The molecule has 1 saturated heterocycles. The normalized spacial score (nSPS) is 19.9. The molecule has 1 amide bonds. The lowest BCUT2D eigenvalue weighted by molar-refractivity contribution is -0.121. The number of rotatable bonds is 4. The predicted octanol–water partition coefficient (Wildman–Crippen LogP) is -0.271. The molecule has 1 aromatic rings. The van der Waals surface area contributed by atoms with Gasteiger partial charge in [0.25, 0.3) is 0 Å². The summed E-state index contributed by atoms with van der Waals surface area (Å²) in [6.07, 6.45) is 2.09. The van der Waals surface area contributed by atoms with Gasteiger partial charge in [-0.1, -0.05) is 6.07 Å². The van der Waals surface area contributed by atoms with Crippen molar-refractivity contribution in [2.45, 2.75) is 12.5 Å². The van der Waals surface area contributed by atoms with Crippen LogP contribution >= 0.6 is 0 Å². The average Bonchev–Trinajstić information content (AvgIpc) is 2.39. The molecule has 1 aliphatic rings. The van der Waals surface area contributed by atoms with Gasteiger partial charge in [-0.2, -0.15) is 0 Å². The van der Waals surface area contributed by atoms with Gasteiger partial charge >= 0.3 is 0 Å². The minimum Gasteiger partial charge on any atom is -0.374 e. The number of carbonyl (C=O) groups excluding carboxylic acids is 1. The Bertz CT molecular complexity index is 350. The van der Waals surface area contributed by atoms with Crippen molar-refractivity contribution in [2.24, 2.45) is 0 Å². The van der Waals surface area contributed by atoms with E-state index in [-0.39, 0.29) is 12.0 Å². The molecular formula is C12H17N3O2. The van der Waals surface area contributed by atoms with E-state index in [1.54, 1.807) is 6.20 Å². The van der Waals surface area contributed by atoms with E-state index in [0.29, 0.717) is 19.6 Å². The molecule has 5 heteroatoms. The van der Waals surface area contributed by atoms with E-state index in [9.17, 15) is 4.79 Å². The van der Waals surface area contributed by atoms with Gasteiger partial charge in [-0.05, 0) is 12.1 Å². The number of nitrogens with zero attached hydrogens (tertiary/aromatic N) is 1. The zero-order valence-corrected chi connectivity index (χ0v) is 9.69. The van der Waals surface area contributed by atoms with Crippen LogP contribution in [-0.2, 0) is 16.0 Å². The SMILES string of the molecule is O=C(Cc1ccccn1)NCC1CNCCO1. The van der Waals surface area contributed by atoms with Crippen LogP contribution in [0.1, 0.15) is 5.69 Å². The topological polar surface area (TPSA) is 63.2 Å². The molecule has 1 unspecified atom stereocenters. The lowest BCUT2D eigenvalue weighted by Crippen LogP contribution is -2.45. The first-order chi connectivity index (χ1) is 8.34. The van der Waals surface area contributed by atoms with Crippen LogP contribution in [-0.4, -0.2) is 43.2 Å². The Balaban J connectivity index is 1.70. The first-order valence-corrected chi connectivity index (χ1v) is 5.83. The second kappa shape index (κ2) is 6.32. The minimum absolute atomic E-state index is 0.0159. The number of ether oxygens (including phenoxy) is 1. The first-order valence-electron chi connectivity index (χ1n) is 5.83. The van der Waals surface area contributed by atoms with Crippen molar-refractivity contribution in [3.8, 4) is 0 Å². The van der Waals surface area contributed by atoms with Crippen LogP contribution in [0.15, 0.2) is 24.4 Å². The van der Waals surface area contributed by atoms with Gasteiger partial charge in [0.1, 0.15) is 0 Å². The number of hydrogen-bond acceptors (Lipinski definition) is 4. The fourth-order valence-electron chi connectivity index (χ4n) is 1.71. The maximum Gasteiger partial charge on any atom is 0.226 e. The van der Waals surface area contributed by atoms with E-state index < -0.39 is 0 Å². The predicted molar refractivity (Wildman–Crippen MR) is 63.6 cm³/mol. The molecule has 1 aromatic heterocycles. The van der Waals surface area contributed by atoms with Gasteiger partial charge in [-0.3, -0.25) is 9.78 Å². The van der Waals surface area contributed by atoms with Crippen molar-refractivity contribution in [3.63, 3.8) is 0 Å². The number of hydrogen-bond donors (Lipinski definition) is 2. The van der Waals surface area contributed by atoms with Crippen LogP contribution in [0, 0.1) is 0 Å². The first kappa shape index (κ1) is 12.0. The van der Waals surface area contributed by atoms with Crippen molar-refractivity contribution < 1.29 is 9.53 Å². The highest BCUT2D eigenvalue weighted by Crippen LogP contribution is 1.96. The van der Waals surface area contributed by atoms with Gasteiger partial charge in [0.2, 0.25) is 5.91 Å². The zero-order chi connectivity index (χ0) is 11.9. The lowest BCUT2D eigenvalue weighted by atomic mass is 10.2. The molecular weight excluding hydrogens is 218 g/mol. The number of morpholine rings is 1. The fraction of sp³-hybridized carbons (Fsp3) is 0.500. The van der Waals surface area contributed by atoms with Gasteiger partial charge in [-0.15, -0.1) is 0 Å². The molecule has 0 radical (unpaired) electrons. The Morgan fingerprint density at radius 1 is 1.59 bits per heavy atom. The third-order valence-electron chi connectivity index (χ3n) is 2.60. The summed E-state index contributed by atoms with van der Waals surface area (Å²) in [6.45, 7) is 2.95.